The first kappa shape index (κ1) is 16.9. The molecule has 0 aliphatic heterocycles. The van der Waals surface area contributed by atoms with Crippen molar-refractivity contribution in [2.75, 3.05) is 5.32 Å². The van der Waals surface area contributed by atoms with Crippen LogP contribution in [0.15, 0.2) is 57.9 Å². The zero-order valence-corrected chi connectivity index (χ0v) is 14.6. The van der Waals surface area contributed by atoms with Crippen LogP contribution in [0.5, 0.6) is 0 Å². The number of hydrogen-bond donors (Lipinski definition) is 3. The maximum absolute atomic E-state index is 11.2. The van der Waals surface area contributed by atoms with Gasteiger partial charge in [-0.2, -0.15) is 0 Å². The lowest BCUT2D eigenvalue weighted by molar-refractivity contribution is 0.597. The second-order valence-electron chi connectivity index (χ2n) is 4.50. The molecule has 0 atom stereocenters. The molecule has 0 saturated heterocycles. The van der Waals surface area contributed by atoms with Crippen molar-refractivity contribution in [3.8, 4) is 0 Å². The van der Waals surface area contributed by atoms with Gasteiger partial charge in [-0.1, -0.05) is 28.1 Å². The van der Waals surface area contributed by atoms with E-state index in [9.17, 15) is 8.42 Å². The van der Waals surface area contributed by atoms with E-state index in [1.165, 1.54) is 12.1 Å². The van der Waals surface area contributed by atoms with Gasteiger partial charge in [0.15, 0.2) is 5.11 Å². The Hall–Kier alpha value is -1.48. The van der Waals surface area contributed by atoms with Crippen molar-refractivity contribution in [2.24, 2.45) is 5.14 Å². The average Bonchev–Trinajstić information content (AvgIpc) is 2.47. The fourth-order valence-corrected chi connectivity index (χ4v) is 2.66. The quantitative estimate of drug-likeness (QED) is 0.688. The van der Waals surface area contributed by atoms with Crippen molar-refractivity contribution in [1.82, 2.24) is 5.32 Å². The molecule has 5 nitrogen and oxygen atoms in total. The number of primary sulfonamides is 1. The van der Waals surface area contributed by atoms with Crippen molar-refractivity contribution in [3.05, 3.63) is 58.6 Å². The molecule has 2 rings (SSSR count). The molecule has 0 aromatic heterocycles. The molecule has 0 aliphatic rings. The Kier molecular flexibility index (Phi) is 5.52. The first-order valence-corrected chi connectivity index (χ1v) is 9.01. The lowest BCUT2D eigenvalue weighted by atomic mass is 10.2. The normalized spacial score (nSPS) is 11.0. The van der Waals surface area contributed by atoms with Crippen molar-refractivity contribution in [3.63, 3.8) is 0 Å². The largest absolute Gasteiger partial charge is 0.358 e. The predicted molar refractivity (Wildman–Crippen MR) is 95.0 cm³/mol. The maximum atomic E-state index is 11.2. The number of thiocarbonyl (C=S) groups is 1. The average molecular weight is 400 g/mol. The Balaban J connectivity index is 1.89. The molecule has 0 saturated carbocycles. The van der Waals surface area contributed by atoms with E-state index >= 15 is 0 Å². The second kappa shape index (κ2) is 7.19. The van der Waals surface area contributed by atoms with Gasteiger partial charge in [-0.15, -0.1) is 0 Å². The lowest BCUT2D eigenvalue weighted by Gasteiger charge is -2.11. The third-order valence-corrected chi connectivity index (χ3v) is 4.51. The third-order valence-electron chi connectivity index (χ3n) is 2.81. The summed E-state index contributed by atoms with van der Waals surface area (Å²) in [5.41, 5.74) is 1.78. The molecule has 4 N–H and O–H groups in total. The van der Waals surface area contributed by atoms with Gasteiger partial charge in [-0.25, -0.2) is 13.6 Å². The minimum atomic E-state index is -3.66. The first-order valence-electron chi connectivity index (χ1n) is 6.27. The molecule has 0 amide bonds. The summed E-state index contributed by atoms with van der Waals surface area (Å²) in [6, 6.07) is 13.9. The molecule has 0 heterocycles. The van der Waals surface area contributed by atoms with Gasteiger partial charge in [0, 0.05) is 16.7 Å². The number of benzene rings is 2. The lowest BCUT2D eigenvalue weighted by Crippen LogP contribution is -2.27. The molecule has 2 aromatic carbocycles. The number of halogens is 1. The van der Waals surface area contributed by atoms with E-state index in [4.69, 9.17) is 17.4 Å². The van der Waals surface area contributed by atoms with Gasteiger partial charge in [0.25, 0.3) is 0 Å². The Morgan fingerprint density at radius 1 is 1.09 bits per heavy atom. The summed E-state index contributed by atoms with van der Waals surface area (Å²) in [5, 5.41) is 11.6. The van der Waals surface area contributed by atoms with Crippen molar-refractivity contribution in [2.45, 2.75) is 11.4 Å². The summed E-state index contributed by atoms with van der Waals surface area (Å²) in [4.78, 5) is 0.0896. The van der Waals surface area contributed by atoms with Crippen molar-refractivity contribution >= 4 is 49.0 Å². The summed E-state index contributed by atoms with van der Waals surface area (Å²) >= 11 is 8.57. The van der Waals surface area contributed by atoms with Crippen LogP contribution in [0.1, 0.15) is 5.56 Å². The minimum Gasteiger partial charge on any atom is -0.358 e. The van der Waals surface area contributed by atoms with Crippen LogP contribution in [0.25, 0.3) is 0 Å². The number of anilines is 1. The Morgan fingerprint density at radius 2 is 1.68 bits per heavy atom. The number of sulfonamides is 1. The summed E-state index contributed by atoms with van der Waals surface area (Å²) in [6.45, 7) is 0.479. The highest BCUT2D eigenvalue weighted by Crippen LogP contribution is 2.14. The molecular formula is C14H14BrN3O2S2. The second-order valence-corrected chi connectivity index (χ2v) is 7.39. The van der Waals surface area contributed by atoms with Gasteiger partial charge in [0.2, 0.25) is 10.0 Å². The van der Waals surface area contributed by atoms with Crippen LogP contribution in [0.2, 0.25) is 0 Å². The zero-order valence-electron chi connectivity index (χ0n) is 11.4. The van der Waals surface area contributed by atoms with Crippen LogP contribution in [0.4, 0.5) is 5.69 Å². The van der Waals surface area contributed by atoms with Gasteiger partial charge in [0.1, 0.15) is 0 Å². The number of nitrogens with one attached hydrogen (secondary N) is 2. The van der Waals surface area contributed by atoms with E-state index in [0.29, 0.717) is 11.7 Å². The smallest absolute Gasteiger partial charge is 0.238 e. The molecule has 22 heavy (non-hydrogen) atoms. The third kappa shape index (κ3) is 5.06. The van der Waals surface area contributed by atoms with Crippen LogP contribution >= 0.6 is 28.1 Å². The topological polar surface area (TPSA) is 84.2 Å². The highest BCUT2D eigenvalue weighted by atomic mass is 79.9. The number of rotatable bonds is 4. The highest BCUT2D eigenvalue weighted by molar-refractivity contribution is 9.10. The number of hydrogen-bond acceptors (Lipinski definition) is 3. The van der Waals surface area contributed by atoms with Gasteiger partial charge in [-0.3, -0.25) is 0 Å². The molecule has 2 aromatic rings. The SMILES string of the molecule is NS(=O)(=O)c1ccc(CNC(=S)Nc2ccc(Br)cc2)cc1. The van der Waals surface area contributed by atoms with E-state index in [1.54, 1.807) is 12.1 Å². The number of nitrogens with two attached hydrogens (primary N) is 1. The van der Waals surface area contributed by atoms with E-state index in [-0.39, 0.29) is 4.90 Å². The highest BCUT2D eigenvalue weighted by Gasteiger charge is 2.06. The van der Waals surface area contributed by atoms with Gasteiger partial charge in [0.05, 0.1) is 4.90 Å². The van der Waals surface area contributed by atoms with Gasteiger partial charge < -0.3 is 10.6 Å². The molecular weight excluding hydrogens is 386 g/mol. The molecule has 116 valence electrons. The van der Waals surface area contributed by atoms with Crippen LogP contribution in [0.3, 0.4) is 0 Å². The Bertz CT molecular complexity index is 760. The fourth-order valence-electron chi connectivity index (χ4n) is 1.69. The van der Waals surface area contributed by atoms with Gasteiger partial charge in [-0.05, 0) is 54.2 Å². The zero-order chi connectivity index (χ0) is 16.2. The van der Waals surface area contributed by atoms with Crippen LogP contribution < -0.4 is 15.8 Å². The molecule has 0 spiro atoms. The van der Waals surface area contributed by atoms with Crippen LogP contribution in [-0.4, -0.2) is 13.5 Å². The first-order chi connectivity index (χ1) is 10.3. The summed E-state index contributed by atoms with van der Waals surface area (Å²) in [7, 11) is -3.66. The molecule has 0 aliphatic carbocycles. The minimum absolute atomic E-state index is 0.0896. The van der Waals surface area contributed by atoms with E-state index in [2.05, 4.69) is 26.6 Å². The van der Waals surface area contributed by atoms with E-state index < -0.39 is 10.0 Å². The molecule has 0 radical (unpaired) electrons. The summed E-state index contributed by atoms with van der Waals surface area (Å²) in [6.07, 6.45) is 0. The van der Waals surface area contributed by atoms with Crippen LogP contribution in [-0.2, 0) is 16.6 Å². The Labute approximate surface area is 143 Å². The van der Waals surface area contributed by atoms with E-state index in [1.807, 2.05) is 24.3 Å². The molecule has 0 unspecified atom stereocenters. The van der Waals surface area contributed by atoms with Crippen LogP contribution in [0, 0.1) is 0 Å². The standard InChI is InChI=1S/C14H14BrN3O2S2/c15-11-3-5-12(6-4-11)18-14(21)17-9-10-1-7-13(8-2-10)22(16,19)20/h1-8H,9H2,(H2,16,19,20)(H2,17,18,21). The van der Waals surface area contributed by atoms with Crippen molar-refractivity contribution < 1.29 is 8.42 Å². The summed E-state index contributed by atoms with van der Waals surface area (Å²) < 4.78 is 23.3. The fraction of sp³-hybridized carbons (Fsp3) is 0.0714. The molecule has 0 fully saturated rings. The predicted octanol–water partition coefficient (Wildman–Crippen LogP) is 2.58. The van der Waals surface area contributed by atoms with Crippen molar-refractivity contribution in [1.29, 1.82) is 0 Å². The maximum Gasteiger partial charge on any atom is 0.238 e. The molecule has 8 heteroatoms. The van der Waals surface area contributed by atoms with Gasteiger partial charge >= 0.3 is 0 Å². The molecule has 0 bridgehead atoms. The summed E-state index contributed by atoms with van der Waals surface area (Å²) in [5.74, 6) is 0. The van der Waals surface area contributed by atoms with E-state index in [0.717, 1.165) is 15.7 Å². The monoisotopic (exact) mass is 399 g/mol. The Morgan fingerprint density at radius 3 is 2.23 bits per heavy atom.